The van der Waals surface area contributed by atoms with Gasteiger partial charge in [0.25, 0.3) is 0 Å². The fourth-order valence-electron chi connectivity index (χ4n) is 2.31. The van der Waals surface area contributed by atoms with Gasteiger partial charge in [-0.15, -0.1) is 0 Å². The first kappa shape index (κ1) is 12.7. The van der Waals surface area contributed by atoms with Crippen LogP contribution in [0.25, 0.3) is 0 Å². The average molecular weight is 297 g/mol. The number of nitrogens with one attached hydrogen (secondary N) is 1. The molecule has 4 heteroatoms. The van der Waals surface area contributed by atoms with Crippen LogP contribution in [0.1, 0.15) is 18.5 Å². The first-order valence-electron chi connectivity index (χ1n) is 5.90. The van der Waals surface area contributed by atoms with Gasteiger partial charge in [-0.3, -0.25) is 9.69 Å². The maximum atomic E-state index is 11.9. The Morgan fingerprint density at radius 2 is 2.00 bits per heavy atom. The number of nitrogens with zero attached hydrogens (tertiary/aromatic N) is 1. The highest BCUT2D eigenvalue weighted by molar-refractivity contribution is 9.10. The highest BCUT2D eigenvalue weighted by Crippen LogP contribution is 2.28. The normalized spacial score (nSPS) is 18.9. The molecule has 1 saturated heterocycles. The van der Waals surface area contributed by atoms with E-state index in [1.165, 1.54) is 0 Å². The molecule has 0 spiro atoms. The molecular weight excluding hydrogens is 280 g/mol. The molecule has 17 heavy (non-hydrogen) atoms. The molecule has 0 aromatic heterocycles. The summed E-state index contributed by atoms with van der Waals surface area (Å²) in [7, 11) is 0. The number of rotatable bonds is 3. The van der Waals surface area contributed by atoms with Crippen molar-refractivity contribution in [3.8, 4) is 0 Å². The van der Waals surface area contributed by atoms with Gasteiger partial charge in [-0.2, -0.15) is 0 Å². The molecular formula is C13H17BrN2O. The zero-order valence-electron chi connectivity index (χ0n) is 9.95. The lowest BCUT2D eigenvalue weighted by Crippen LogP contribution is -2.46. The predicted molar refractivity (Wildman–Crippen MR) is 72.0 cm³/mol. The lowest BCUT2D eigenvalue weighted by molar-refractivity contribution is -0.122. The molecule has 1 aromatic rings. The molecule has 92 valence electrons. The molecule has 2 rings (SSSR count). The molecule has 1 N–H and O–H groups in total. The van der Waals surface area contributed by atoms with Gasteiger partial charge in [0.1, 0.15) is 0 Å². The molecule has 1 unspecified atom stereocenters. The Hall–Kier alpha value is -0.710. The number of ketones is 1. The molecule has 0 saturated carbocycles. The first-order valence-corrected chi connectivity index (χ1v) is 6.69. The van der Waals surface area contributed by atoms with Crippen molar-refractivity contribution in [2.24, 2.45) is 0 Å². The van der Waals surface area contributed by atoms with E-state index in [0.29, 0.717) is 0 Å². The van der Waals surface area contributed by atoms with E-state index in [9.17, 15) is 4.79 Å². The van der Waals surface area contributed by atoms with E-state index >= 15 is 0 Å². The van der Waals surface area contributed by atoms with Gasteiger partial charge in [-0.25, -0.2) is 0 Å². The van der Waals surface area contributed by atoms with Crippen LogP contribution in [-0.4, -0.2) is 36.9 Å². The van der Waals surface area contributed by atoms with Crippen molar-refractivity contribution in [3.05, 3.63) is 34.3 Å². The monoisotopic (exact) mass is 296 g/mol. The van der Waals surface area contributed by atoms with Crippen molar-refractivity contribution in [1.82, 2.24) is 10.2 Å². The quantitative estimate of drug-likeness (QED) is 0.926. The van der Waals surface area contributed by atoms with Crippen molar-refractivity contribution in [2.45, 2.75) is 13.0 Å². The molecule has 3 nitrogen and oxygen atoms in total. The Balaban J connectivity index is 2.28. The largest absolute Gasteiger partial charge is 0.314 e. The molecule has 1 aliphatic heterocycles. The Bertz CT molecular complexity index is 402. The van der Waals surface area contributed by atoms with E-state index in [1.54, 1.807) is 6.92 Å². The smallest absolute Gasteiger partial charge is 0.151 e. The molecule has 1 fully saturated rings. The van der Waals surface area contributed by atoms with Gasteiger partial charge in [0.05, 0.1) is 6.04 Å². The van der Waals surface area contributed by atoms with Crippen LogP contribution in [0.3, 0.4) is 0 Å². The van der Waals surface area contributed by atoms with E-state index < -0.39 is 0 Å². The molecule has 1 aliphatic rings. The van der Waals surface area contributed by atoms with E-state index in [0.717, 1.165) is 36.2 Å². The summed E-state index contributed by atoms with van der Waals surface area (Å²) in [6, 6.07) is 7.86. The third-order valence-electron chi connectivity index (χ3n) is 3.10. The minimum atomic E-state index is -0.118. The molecule has 0 aliphatic carbocycles. The summed E-state index contributed by atoms with van der Waals surface area (Å²) in [5.41, 5.74) is 1.07. The summed E-state index contributed by atoms with van der Waals surface area (Å²) in [6.45, 7) is 5.42. The van der Waals surface area contributed by atoms with E-state index in [2.05, 4.69) is 26.1 Å². The maximum absolute atomic E-state index is 11.9. The Morgan fingerprint density at radius 3 is 2.59 bits per heavy atom. The van der Waals surface area contributed by atoms with Crippen LogP contribution in [-0.2, 0) is 4.79 Å². The second-order valence-corrected chi connectivity index (χ2v) is 5.18. The number of carbonyl (C=O) groups excluding carboxylic acids is 1. The number of halogens is 1. The SMILES string of the molecule is CC(=O)C(c1ccccc1Br)N1CCNCC1. The maximum Gasteiger partial charge on any atom is 0.151 e. The van der Waals surface area contributed by atoms with Gasteiger partial charge < -0.3 is 5.32 Å². The van der Waals surface area contributed by atoms with Crippen LogP contribution in [0.4, 0.5) is 0 Å². The molecule has 0 radical (unpaired) electrons. The van der Waals surface area contributed by atoms with Crippen molar-refractivity contribution in [2.75, 3.05) is 26.2 Å². The lowest BCUT2D eigenvalue weighted by Gasteiger charge is -2.34. The number of piperazine rings is 1. The fraction of sp³-hybridized carbons (Fsp3) is 0.462. The van der Waals surface area contributed by atoms with Crippen LogP contribution in [0.15, 0.2) is 28.7 Å². The minimum absolute atomic E-state index is 0.118. The molecule has 1 aromatic carbocycles. The van der Waals surface area contributed by atoms with Gasteiger partial charge >= 0.3 is 0 Å². The van der Waals surface area contributed by atoms with Crippen LogP contribution < -0.4 is 5.32 Å². The highest BCUT2D eigenvalue weighted by atomic mass is 79.9. The zero-order chi connectivity index (χ0) is 12.3. The summed E-state index contributed by atoms with van der Waals surface area (Å²) in [5.74, 6) is 0.207. The van der Waals surface area contributed by atoms with Crippen molar-refractivity contribution in [1.29, 1.82) is 0 Å². The number of carbonyl (C=O) groups is 1. The first-order chi connectivity index (χ1) is 8.20. The number of Topliss-reactive ketones (excluding diaryl/α,β-unsaturated/α-hetero) is 1. The van der Waals surface area contributed by atoms with E-state index in [1.807, 2.05) is 24.3 Å². The van der Waals surface area contributed by atoms with Crippen molar-refractivity contribution >= 4 is 21.7 Å². The van der Waals surface area contributed by atoms with Crippen LogP contribution in [0.5, 0.6) is 0 Å². The Kier molecular flexibility index (Phi) is 4.31. The molecule has 1 heterocycles. The van der Waals surface area contributed by atoms with E-state index in [-0.39, 0.29) is 11.8 Å². The fourth-order valence-corrected chi connectivity index (χ4v) is 2.81. The minimum Gasteiger partial charge on any atom is -0.314 e. The Labute approximate surface area is 110 Å². The molecule has 0 amide bonds. The van der Waals surface area contributed by atoms with E-state index in [4.69, 9.17) is 0 Å². The summed E-state index contributed by atoms with van der Waals surface area (Å²) >= 11 is 3.54. The third kappa shape index (κ3) is 2.94. The molecule has 0 bridgehead atoms. The second kappa shape index (κ2) is 5.76. The van der Waals surface area contributed by atoms with Crippen molar-refractivity contribution < 1.29 is 4.79 Å². The van der Waals surface area contributed by atoms with Gasteiger partial charge in [0, 0.05) is 30.7 Å². The Morgan fingerprint density at radius 1 is 1.35 bits per heavy atom. The molecule has 1 atom stereocenters. The van der Waals surface area contributed by atoms with Gasteiger partial charge in [0.15, 0.2) is 5.78 Å². The van der Waals surface area contributed by atoms with Crippen LogP contribution in [0, 0.1) is 0 Å². The third-order valence-corrected chi connectivity index (χ3v) is 3.82. The van der Waals surface area contributed by atoms with Gasteiger partial charge in [-0.05, 0) is 18.6 Å². The predicted octanol–water partition coefficient (Wildman–Crippen LogP) is 1.98. The highest BCUT2D eigenvalue weighted by Gasteiger charge is 2.27. The van der Waals surface area contributed by atoms with Crippen LogP contribution in [0.2, 0.25) is 0 Å². The zero-order valence-corrected chi connectivity index (χ0v) is 11.5. The summed E-state index contributed by atoms with van der Waals surface area (Å²) < 4.78 is 1.01. The van der Waals surface area contributed by atoms with Gasteiger partial charge in [0.2, 0.25) is 0 Å². The van der Waals surface area contributed by atoms with Crippen LogP contribution >= 0.6 is 15.9 Å². The lowest BCUT2D eigenvalue weighted by atomic mass is 10.0. The number of hydrogen-bond donors (Lipinski definition) is 1. The number of hydrogen-bond acceptors (Lipinski definition) is 3. The average Bonchev–Trinajstić information content (AvgIpc) is 2.33. The summed E-state index contributed by atoms with van der Waals surface area (Å²) in [4.78, 5) is 14.2. The van der Waals surface area contributed by atoms with Gasteiger partial charge in [-0.1, -0.05) is 34.1 Å². The summed E-state index contributed by atoms with van der Waals surface area (Å²) in [5, 5.41) is 3.31. The number of benzene rings is 1. The summed E-state index contributed by atoms with van der Waals surface area (Å²) in [6.07, 6.45) is 0. The standard InChI is InChI=1S/C13H17BrN2O/c1-10(17)13(16-8-6-15-7-9-16)11-4-2-3-5-12(11)14/h2-5,13,15H,6-9H2,1H3. The van der Waals surface area contributed by atoms with Crippen molar-refractivity contribution in [3.63, 3.8) is 0 Å². The second-order valence-electron chi connectivity index (χ2n) is 4.32. The topological polar surface area (TPSA) is 32.3 Å².